The molecule has 2 fully saturated rings. The quantitative estimate of drug-likeness (QED) is 0.648. The molecule has 0 spiro atoms. The first-order chi connectivity index (χ1) is 15.1. The summed E-state index contributed by atoms with van der Waals surface area (Å²) in [6.45, 7) is 4.66. The Morgan fingerprint density at radius 3 is 2.52 bits per heavy atom. The number of fused-ring (bicyclic) bond motifs is 1. The van der Waals surface area contributed by atoms with Crippen molar-refractivity contribution >= 4 is 16.7 Å². The average molecular weight is 422 g/mol. The standard InChI is InChI=1S/C23H31N7O/c1-28-9-5-17(6-10-28)29-11-7-18(8-12-29)30-23-19(14-25-15-26-23)22(27-30)16-3-4-20(24)21(13-16)31-2/h3-4,13-15,17-18H,5-12,24H2,1-2H3. The van der Waals surface area contributed by atoms with Crippen LogP contribution in [0.4, 0.5) is 5.69 Å². The number of benzene rings is 1. The molecule has 0 atom stereocenters. The number of rotatable bonds is 4. The van der Waals surface area contributed by atoms with Gasteiger partial charge in [-0.2, -0.15) is 5.10 Å². The molecule has 2 aliphatic heterocycles. The summed E-state index contributed by atoms with van der Waals surface area (Å²) in [6.07, 6.45) is 8.22. The van der Waals surface area contributed by atoms with Gasteiger partial charge in [-0.1, -0.05) is 6.07 Å². The number of anilines is 1. The fourth-order valence-electron chi connectivity index (χ4n) is 5.06. The summed E-state index contributed by atoms with van der Waals surface area (Å²) >= 11 is 0. The molecule has 0 bridgehead atoms. The van der Waals surface area contributed by atoms with Crippen LogP contribution in [-0.2, 0) is 0 Å². The molecule has 3 aromatic rings. The van der Waals surface area contributed by atoms with Crippen molar-refractivity contribution in [1.29, 1.82) is 0 Å². The number of hydrogen-bond donors (Lipinski definition) is 1. The predicted octanol–water partition coefficient (Wildman–Crippen LogP) is 2.82. The van der Waals surface area contributed by atoms with Gasteiger partial charge in [0.2, 0.25) is 0 Å². The number of ether oxygens (including phenoxy) is 1. The van der Waals surface area contributed by atoms with Gasteiger partial charge in [-0.3, -0.25) is 0 Å². The Kier molecular flexibility index (Phi) is 5.50. The van der Waals surface area contributed by atoms with Crippen molar-refractivity contribution in [1.82, 2.24) is 29.5 Å². The van der Waals surface area contributed by atoms with Gasteiger partial charge in [-0.15, -0.1) is 0 Å². The van der Waals surface area contributed by atoms with Crippen LogP contribution in [0.15, 0.2) is 30.7 Å². The van der Waals surface area contributed by atoms with Crippen LogP contribution in [0.5, 0.6) is 5.75 Å². The monoisotopic (exact) mass is 421 g/mol. The Morgan fingerprint density at radius 2 is 1.77 bits per heavy atom. The summed E-state index contributed by atoms with van der Waals surface area (Å²) in [5.41, 5.74) is 9.38. The number of nitrogen functional groups attached to an aromatic ring is 1. The Bertz CT molecular complexity index is 1050. The van der Waals surface area contributed by atoms with Crippen molar-refractivity contribution in [2.24, 2.45) is 0 Å². The van der Waals surface area contributed by atoms with Gasteiger partial charge >= 0.3 is 0 Å². The lowest BCUT2D eigenvalue weighted by Gasteiger charge is -2.41. The van der Waals surface area contributed by atoms with Crippen LogP contribution in [0.2, 0.25) is 0 Å². The van der Waals surface area contributed by atoms with Crippen LogP contribution < -0.4 is 10.5 Å². The number of nitrogens with zero attached hydrogens (tertiary/aromatic N) is 6. The maximum atomic E-state index is 6.01. The Morgan fingerprint density at radius 1 is 1.03 bits per heavy atom. The maximum absolute atomic E-state index is 6.01. The molecule has 0 radical (unpaired) electrons. The van der Waals surface area contributed by atoms with Gasteiger partial charge in [-0.05, 0) is 58.0 Å². The number of hydrogen-bond acceptors (Lipinski definition) is 7. The number of aromatic nitrogens is 4. The Balaban J connectivity index is 1.40. The number of likely N-dealkylation sites (tertiary alicyclic amines) is 2. The number of methoxy groups -OCH3 is 1. The van der Waals surface area contributed by atoms with E-state index in [-0.39, 0.29) is 0 Å². The third-order valence-corrected chi connectivity index (χ3v) is 6.93. The van der Waals surface area contributed by atoms with Gasteiger partial charge in [0.25, 0.3) is 0 Å². The van der Waals surface area contributed by atoms with E-state index in [4.69, 9.17) is 15.6 Å². The fraction of sp³-hybridized carbons (Fsp3) is 0.522. The molecule has 2 N–H and O–H groups in total. The van der Waals surface area contributed by atoms with Crippen molar-refractivity contribution < 1.29 is 4.74 Å². The molecule has 4 heterocycles. The van der Waals surface area contributed by atoms with Crippen molar-refractivity contribution in [2.75, 3.05) is 46.1 Å². The van der Waals surface area contributed by atoms with E-state index >= 15 is 0 Å². The van der Waals surface area contributed by atoms with Crippen LogP contribution in [0.3, 0.4) is 0 Å². The van der Waals surface area contributed by atoms with E-state index in [1.165, 1.54) is 25.9 Å². The number of nitrogens with two attached hydrogens (primary N) is 1. The molecule has 2 aromatic heterocycles. The van der Waals surface area contributed by atoms with Crippen LogP contribution in [0, 0.1) is 0 Å². The third kappa shape index (κ3) is 3.85. The molecule has 5 rings (SSSR count). The van der Waals surface area contributed by atoms with Gasteiger partial charge in [0.05, 0.1) is 24.2 Å². The molecule has 164 valence electrons. The summed E-state index contributed by atoms with van der Waals surface area (Å²) < 4.78 is 7.55. The summed E-state index contributed by atoms with van der Waals surface area (Å²) in [7, 11) is 3.86. The molecule has 2 saturated heterocycles. The molecule has 0 unspecified atom stereocenters. The highest BCUT2D eigenvalue weighted by molar-refractivity contribution is 5.91. The first-order valence-electron chi connectivity index (χ1n) is 11.2. The van der Waals surface area contributed by atoms with E-state index in [1.807, 2.05) is 24.4 Å². The lowest BCUT2D eigenvalue weighted by atomic mass is 9.98. The van der Waals surface area contributed by atoms with E-state index < -0.39 is 0 Å². The molecular formula is C23H31N7O. The first-order valence-corrected chi connectivity index (χ1v) is 11.2. The average Bonchev–Trinajstić information content (AvgIpc) is 3.20. The lowest BCUT2D eigenvalue weighted by Crippen LogP contribution is -2.47. The minimum atomic E-state index is 0.351. The van der Waals surface area contributed by atoms with Gasteiger partial charge < -0.3 is 20.3 Å². The van der Waals surface area contributed by atoms with Crippen LogP contribution in [0.25, 0.3) is 22.3 Å². The SMILES string of the molecule is COc1cc(-c2nn(C3CCN(C4CCN(C)CC4)CC3)c3ncncc23)ccc1N. The van der Waals surface area contributed by atoms with Gasteiger partial charge in [-0.25, -0.2) is 14.6 Å². The first kappa shape index (κ1) is 20.2. The van der Waals surface area contributed by atoms with E-state index in [9.17, 15) is 0 Å². The highest BCUT2D eigenvalue weighted by atomic mass is 16.5. The normalized spacial score (nSPS) is 19.8. The zero-order valence-corrected chi connectivity index (χ0v) is 18.4. The molecule has 2 aliphatic rings. The number of piperidine rings is 2. The summed E-state index contributed by atoms with van der Waals surface area (Å²) in [5.74, 6) is 0.656. The Hall–Kier alpha value is -2.71. The molecule has 8 heteroatoms. The third-order valence-electron chi connectivity index (χ3n) is 6.93. The van der Waals surface area contributed by atoms with Crippen LogP contribution in [0.1, 0.15) is 31.7 Å². The fourth-order valence-corrected chi connectivity index (χ4v) is 5.06. The van der Waals surface area contributed by atoms with Crippen LogP contribution in [-0.4, -0.2) is 75.9 Å². The summed E-state index contributed by atoms with van der Waals surface area (Å²) in [4.78, 5) is 14.0. The molecule has 0 aliphatic carbocycles. The smallest absolute Gasteiger partial charge is 0.162 e. The molecule has 0 amide bonds. The molecule has 1 aromatic carbocycles. The minimum absolute atomic E-state index is 0.351. The molecular weight excluding hydrogens is 390 g/mol. The zero-order valence-electron chi connectivity index (χ0n) is 18.4. The highest BCUT2D eigenvalue weighted by Crippen LogP contribution is 2.35. The van der Waals surface area contributed by atoms with E-state index in [0.29, 0.717) is 17.5 Å². The second-order valence-corrected chi connectivity index (χ2v) is 8.81. The summed E-state index contributed by atoms with van der Waals surface area (Å²) in [6, 6.07) is 6.87. The molecule has 0 saturated carbocycles. The van der Waals surface area contributed by atoms with Gasteiger partial charge in [0, 0.05) is 30.9 Å². The van der Waals surface area contributed by atoms with Crippen molar-refractivity contribution in [3.05, 3.63) is 30.7 Å². The minimum Gasteiger partial charge on any atom is -0.495 e. The predicted molar refractivity (Wildman–Crippen MR) is 122 cm³/mol. The van der Waals surface area contributed by atoms with Gasteiger partial charge in [0.1, 0.15) is 17.8 Å². The second-order valence-electron chi connectivity index (χ2n) is 8.81. The lowest BCUT2D eigenvalue weighted by molar-refractivity contribution is 0.0859. The highest BCUT2D eigenvalue weighted by Gasteiger charge is 2.29. The van der Waals surface area contributed by atoms with Crippen LogP contribution >= 0.6 is 0 Å². The molecule has 8 nitrogen and oxygen atoms in total. The molecule has 31 heavy (non-hydrogen) atoms. The van der Waals surface area contributed by atoms with Crippen molar-refractivity contribution in [3.63, 3.8) is 0 Å². The van der Waals surface area contributed by atoms with E-state index in [1.54, 1.807) is 13.4 Å². The second kappa shape index (κ2) is 8.43. The summed E-state index contributed by atoms with van der Waals surface area (Å²) in [5, 5.41) is 5.99. The van der Waals surface area contributed by atoms with E-state index in [2.05, 4.69) is 31.5 Å². The largest absolute Gasteiger partial charge is 0.495 e. The Labute approximate surface area is 183 Å². The van der Waals surface area contributed by atoms with Crippen molar-refractivity contribution in [2.45, 2.75) is 37.8 Å². The van der Waals surface area contributed by atoms with Crippen molar-refractivity contribution in [3.8, 4) is 17.0 Å². The zero-order chi connectivity index (χ0) is 21.4. The van der Waals surface area contributed by atoms with Gasteiger partial charge in [0.15, 0.2) is 5.65 Å². The van der Waals surface area contributed by atoms with E-state index in [0.717, 1.165) is 54.3 Å². The topological polar surface area (TPSA) is 85.3 Å². The maximum Gasteiger partial charge on any atom is 0.162 e.